The third-order valence-electron chi connectivity index (χ3n) is 5.65. The lowest BCUT2D eigenvalue weighted by Crippen LogP contribution is -2.56. The molecule has 0 N–H and O–H groups in total. The molecule has 2 heteroatoms. The van der Waals surface area contributed by atoms with Crippen LogP contribution in [0.25, 0.3) is 11.1 Å². The third-order valence-corrected chi connectivity index (χ3v) is 5.65. The second-order valence-corrected chi connectivity index (χ2v) is 7.77. The molecule has 1 saturated heterocycles. The summed E-state index contributed by atoms with van der Waals surface area (Å²) in [7, 11) is 0. The molecule has 2 atom stereocenters. The van der Waals surface area contributed by atoms with Crippen LogP contribution in [0.3, 0.4) is 0 Å². The first-order valence-corrected chi connectivity index (χ1v) is 8.38. The van der Waals surface area contributed by atoms with E-state index in [9.17, 15) is 0 Å². The van der Waals surface area contributed by atoms with Crippen LogP contribution in [-0.4, -0.2) is 17.3 Å². The van der Waals surface area contributed by atoms with Crippen LogP contribution in [0, 0.1) is 0 Å². The van der Waals surface area contributed by atoms with Gasteiger partial charge in [0, 0.05) is 6.42 Å². The highest BCUT2D eigenvalue weighted by Crippen LogP contribution is 2.60. The van der Waals surface area contributed by atoms with Crippen molar-refractivity contribution < 1.29 is 9.47 Å². The Kier molecular flexibility index (Phi) is 3.04. The SMILES string of the molecule is CC1(C)OC2CC2(c2ccc(-c3ccccc3)cc2)OC1(C)C. The van der Waals surface area contributed by atoms with Gasteiger partial charge in [0.2, 0.25) is 0 Å². The first-order chi connectivity index (χ1) is 10.8. The maximum Gasteiger partial charge on any atom is 0.123 e. The summed E-state index contributed by atoms with van der Waals surface area (Å²) in [5.74, 6) is 0. The van der Waals surface area contributed by atoms with Gasteiger partial charge >= 0.3 is 0 Å². The van der Waals surface area contributed by atoms with Crippen LogP contribution >= 0.6 is 0 Å². The van der Waals surface area contributed by atoms with Crippen LogP contribution in [0.5, 0.6) is 0 Å². The van der Waals surface area contributed by atoms with Crippen LogP contribution < -0.4 is 0 Å². The average molecular weight is 308 g/mol. The Hall–Kier alpha value is -1.64. The highest BCUT2D eigenvalue weighted by atomic mass is 16.6. The van der Waals surface area contributed by atoms with Crippen LogP contribution in [0.2, 0.25) is 0 Å². The van der Waals surface area contributed by atoms with Gasteiger partial charge in [-0.25, -0.2) is 0 Å². The monoisotopic (exact) mass is 308 g/mol. The molecule has 2 aliphatic rings. The van der Waals surface area contributed by atoms with E-state index in [1.54, 1.807) is 0 Å². The zero-order chi connectivity index (χ0) is 16.3. The lowest BCUT2D eigenvalue weighted by Gasteiger charge is -2.48. The first-order valence-electron chi connectivity index (χ1n) is 8.38. The van der Waals surface area contributed by atoms with Crippen LogP contribution in [0.4, 0.5) is 0 Å². The predicted molar refractivity (Wildman–Crippen MR) is 92.3 cm³/mol. The topological polar surface area (TPSA) is 18.5 Å². The second kappa shape index (κ2) is 4.68. The minimum atomic E-state index is -0.307. The molecule has 4 rings (SSSR count). The van der Waals surface area contributed by atoms with Gasteiger partial charge in [-0.15, -0.1) is 0 Å². The Labute approximate surface area is 138 Å². The molecule has 2 aromatic carbocycles. The quantitative estimate of drug-likeness (QED) is 0.783. The summed E-state index contributed by atoms with van der Waals surface area (Å²) < 4.78 is 12.9. The van der Waals surface area contributed by atoms with Gasteiger partial charge in [-0.3, -0.25) is 0 Å². The van der Waals surface area contributed by atoms with E-state index in [4.69, 9.17) is 9.47 Å². The Bertz CT molecular complexity index is 715. The van der Waals surface area contributed by atoms with Crippen molar-refractivity contribution in [3.63, 3.8) is 0 Å². The first kappa shape index (κ1) is 14.9. The molecule has 0 aromatic heterocycles. The summed E-state index contributed by atoms with van der Waals surface area (Å²) in [5.41, 5.74) is 2.88. The van der Waals surface area contributed by atoms with Crippen molar-refractivity contribution in [3.8, 4) is 11.1 Å². The molecule has 1 saturated carbocycles. The molecule has 1 aliphatic carbocycles. The maximum atomic E-state index is 6.56. The number of hydrogen-bond donors (Lipinski definition) is 0. The van der Waals surface area contributed by atoms with Crippen molar-refractivity contribution in [1.29, 1.82) is 0 Å². The van der Waals surface area contributed by atoms with Gasteiger partial charge in [-0.05, 0) is 44.4 Å². The lowest BCUT2D eigenvalue weighted by atomic mass is 9.87. The van der Waals surface area contributed by atoms with Gasteiger partial charge in [-0.2, -0.15) is 0 Å². The maximum absolute atomic E-state index is 6.56. The summed E-state index contributed by atoms with van der Waals surface area (Å²) in [6.07, 6.45) is 1.12. The van der Waals surface area contributed by atoms with Gasteiger partial charge < -0.3 is 9.47 Å². The van der Waals surface area contributed by atoms with Crippen LogP contribution in [-0.2, 0) is 15.1 Å². The van der Waals surface area contributed by atoms with Crippen molar-refractivity contribution in [2.75, 3.05) is 0 Å². The highest BCUT2D eigenvalue weighted by Gasteiger charge is 2.67. The summed E-state index contributed by atoms with van der Waals surface area (Å²) in [6, 6.07) is 19.2. The molecule has 1 aliphatic heterocycles. The molecule has 120 valence electrons. The molecule has 2 fully saturated rings. The van der Waals surface area contributed by atoms with Gasteiger partial charge in [-0.1, -0.05) is 54.6 Å². The Balaban J connectivity index is 1.63. The van der Waals surface area contributed by atoms with Crippen molar-refractivity contribution in [3.05, 3.63) is 60.2 Å². The van der Waals surface area contributed by atoms with E-state index in [2.05, 4.69) is 76.2 Å². The smallest absolute Gasteiger partial charge is 0.123 e. The molecule has 0 spiro atoms. The third kappa shape index (κ3) is 2.24. The van der Waals surface area contributed by atoms with Gasteiger partial charge in [0.25, 0.3) is 0 Å². The molecular weight excluding hydrogens is 284 g/mol. The Morgan fingerprint density at radius 1 is 0.783 bits per heavy atom. The Morgan fingerprint density at radius 2 is 1.39 bits per heavy atom. The van der Waals surface area contributed by atoms with Gasteiger partial charge in [0.15, 0.2) is 0 Å². The molecule has 23 heavy (non-hydrogen) atoms. The van der Waals surface area contributed by atoms with E-state index < -0.39 is 0 Å². The molecule has 0 bridgehead atoms. The fourth-order valence-corrected chi connectivity index (χ4v) is 3.47. The fraction of sp³-hybridized carbons (Fsp3) is 0.429. The van der Waals surface area contributed by atoms with Gasteiger partial charge in [0.1, 0.15) is 5.60 Å². The van der Waals surface area contributed by atoms with Crippen molar-refractivity contribution in [1.82, 2.24) is 0 Å². The summed E-state index contributed by atoms with van der Waals surface area (Å²) >= 11 is 0. The fourth-order valence-electron chi connectivity index (χ4n) is 3.47. The standard InChI is InChI=1S/C21H24O2/c1-19(2)20(3,4)23-21(14-18(21)22-19)17-12-10-16(11-13-17)15-8-6-5-7-9-15/h5-13,18H,14H2,1-4H3. The highest BCUT2D eigenvalue weighted by molar-refractivity contribution is 5.63. The number of hydrogen-bond acceptors (Lipinski definition) is 2. The van der Waals surface area contributed by atoms with E-state index in [0.717, 1.165) is 6.42 Å². The Morgan fingerprint density at radius 3 is 2.04 bits per heavy atom. The second-order valence-electron chi connectivity index (χ2n) is 7.77. The normalized spacial score (nSPS) is 30.5. The molecule has 2 unspecified atom stereocenters. The number of ether oxygens (including phenoxy) is 2. The van der Waals surface area contributed by atoms with E-state index >= 15 is 0 Å². The van der Waals surface area contributed by atoms with Crippen molar-refractivity contribution in [2.24, 2.45) is 0 Å². The number of fused-ring (bicyclic) bond motifs is 1. The van der Waals surface area contributed by atoms with E-state index in [0.29, 0.717) is 0 Å². The predicted octanol–water partition coefficient (Wildman–Crippen LogP) is 4.93. The lowest BCUT2D eigenvalue weighted by molar-refractivity contribution is -0.267. The average Bonchev–Trinajstić information content (AvgIpc) is 3.20. The van der Waals surface area contributed by atoms with E-state index in [-0.39, 0.29) is 22.9 Å². The summed E-state index contributed by atoms with van der Waals surface area (Å²) in [4.78, 5) is 0. The zero-order valence-electron chi connectivity index (χ0n) is 14.3. The largest absolute Gasteiger partial charge is 0.366 e. The van der Waals surface area contributed by atoms with Crippen molar-refractivity contribution in [2.45, 2.75) is 57.0 Å². The molecular formula is C21H24O2. The zero-order valence-corrected chi connectivity index (χ0v) is 14.3. The van der Waals surface area contributed by atoms with E-state index in [1.807, 2.05) is 6.07 Å². The van der Waals surface area contributed by atoms with Gasteiger partial charge in [0.05, 0.1) is 17.3 Å². The molecule has 1 heterocycles. The van der Waals surface area contributed by atoms with Crippen LogP contribution in [0.15, 0.2) is 54.6 Å². The van der Waals surface area contributed by atoms with Crippen molar-refractivity contribution >= 4 is 0 Å². The minimum Gasteiger partial charge on any atom is -0.366 e. The minimum absolute atomic E-state index is 0.174. The summed E-state index contributed by atoms with van der Waals surface area (Å²) in [6.45, 7) is 8.49. The van der Waals surface area contributed by atoms with Crippen LogP contribution in [0.1, 0.15) is 39.7 Å². The molecule has 2 nitrogen and oxygen atoms in total. The molecule has 0 radical (unpaired) electrons. The number of rotatable bonds is 2. The summed E-state index contributed by atoms with van der Waals surface area (Å²) in [5, 5.41) is 0. The number of benzene rings is 2. The molecule has 2 aromatic rings. The molecule has 0 amide bonds. The van der Waals surface area contributed by atoms with E-state index in [1.165, 1.54) is 16.7 Å².